The van der Waals surface area contributed by atoms with E-state index in [1.54, 1.807) is 0 Å². The highest BCUT2D eigenvalue weighted by atomic mass is 16.5. The van der Waals surface area contributed by atoms with Gasteiger partial charge in [-0.25, -0.2) is 0 Å². The molecule has 4 heteroatoms. The number of carboxylic acids is 1. The maximum absolute atomic E-state index is 11.4. The molecular weight excluding hydrogens is 266 g/mol. The Morgan fingerprint density at radius 3 is 2.95 bits per heavy atom. The largest absolute Gasteiger partial charge is 0.481 e. The van der Waals surface area contributed by atoms with E-state index in [-0.39, 0.29) is 5.92 Å². The molecule has 2 aliphatic heterocycles. The fraction of sp³-hybridized carbons (Fsp3) is 0.588. The number of carbonyl (C=O) groups is 1. The van der Waals surface area contributed by atoms with Gasteiger partial charge in [-0.05, 0) is 43.7 Å². The van der Waals surface area contributed by atoms with Crippen molar-refractivity contribution in [2.24, 2.45) is 0 Å². The van der Waals surface area contributed by atoms with Crippen LogP contribution in [-0.2, 0) is 9.53 Å². The van der Waals surface area contributed by atoms with Gasteiger partial charge in [0.1, 0.15) is 0 Å². The molecule has 2 unspecified atom stereocenters. The molecule has 2 atom stereocenters. The quantitative estimate of drug-likeness (QED) is 0.905. The van der Waals surface area contributed by atoms with E-state index in [1.165, 1.54) is 12.8 Å². The molecule has 21 heavy (non-hydrogen) atoms. The van der Waals surface area contributed by atoms with E-state index in [9.17, 15) is 9.90 Å². The Morgan fingerprint density at radius 1 is 1.33 bits per heavy atom. The molecule has 0 amide bonds. The van der Waals surface area contributed by atoms with E-state index in [2.05, 4.69) is 11.0 Å². The molecule has 2 heterocycles. The van der Waals surface area contributed by atoms with Crippen LogP contribution in [0.2, 0.25) is 0 Å². The summed E-state index contributed by atoms with van der Waals surface area (Å²) in [6.07, 6.45) is 5.75. The lowest BCUT2D eigenvalue weighted by atomic mass is 9.90. The van der Waals surface area contributed by atoms with Gasteiger partial charge in [0.05, 0.1) is 12.0 Å². The first-order chi connectivity index (χ1) is 10.3. The van der Waals surface area contributed by atoms with Crippen LogP contribution >= 0.6 is 0 Å². The van der Waals surface area contributed by atoms with Gasteiger partial charge in [0.2, 0.25) is 0 Å². The van der Waals surface area contributed by atoms with Crippen LogP contribution in [-0.4, -0.2) is 36.9 Å². The normalized spacial score (nSPS) is 24.9. The average molecular weight is 289 g/mol. The summed E-state index contributed by atoms with van der Waals surface area (Å²) in [7, 11) is 0. The molecule has 1 aromatic carbocycles. The third-order valence-corrected chi connectivity index (χ3v) is 4.62. The fourth-order valence-corrected chi connectivity index (χ4v) is 3.50. The first-order valence-electron chi connectivity index (χ1n) is 7.94. The lowest BCUT2D eigenvalue weighted by Crippen LogP contribution is -2.34. The minimum Gasteiger partial charge on any atom is -0.481 e. The minimum atomic E-state index is -0.707. The molecule has 0 saturated carbocycles. The summed E-state index contributed by atoms with van der Waals surface area (Å²) in [5.74, 6) is -1.06. The van der Waals surface area contributed by atoms with E-state index >= 15 is 0 Å². The maximum Gasteiger partial charge on any atom is 0.311 e. The SMILES string of the molecule is O=C(O)C1CCN(CCCC2CCCO2)c2ccccc21. The number of ether oxygens (including phenoxy) is 1. The third kappa shape index (κ3) is 3.21. The second-order valence-electron chi connectivity index (χ2n) is 6.00. The number of hydrogen-bond donors (Lipinski definition) is 1. The molecule has 4 nitrogen and oxygen atoms in total. The van der Waals surface area contributed by atoms with Gasteiger partial charge in [0.25, 0.3) is 0 Å². The lowest BCUT2D eigenvalue weighted by Gasteiger charge is -2.34. The summed E-state index contributed by atoms with van der Waals surface area (Å²) in [6.45, 7) is 2.74. The number of fused-ring (bicyclic) bond motifs is 1. The minimum absolute atomic E-state index is 0.351. The molecule has 1 fully saturated rings. The highest BCUT2D eigenvalue weighted by molar-refractivity contribution is 5.80. The number of benzene rings is 1. The molecule has 1 saturated heterocycles. The van der Waals surface area contributed by atoms with Crippen LogP contribution < -0.4 is 4.90 Å². The van der Waals surface area contributed by atoms with Crippen LogP contribution in [0.3, 0.4) is 0 Å². The Balaban J connectivity index is 1.63. The van der Waals surface area contributed by atoms with Crippen molar-refractivity contribution in [1.29, 1.82) is 0 Å². The van der Waals surface area contributed by atoms with Crippen LogP contribution in [0.15, 0.2) is 24.3 Å². The Hall–Kier alpha value is -1.55. The van der Waals surface area contributed by atoms with Crippen molar-refractivity contribution in [2.75, 3.05) is 24.6 Å². The van der Waals surface area contributed by atoms with Gasteiger partial charge in [0, 0.05) is 25.4 Å². The van der Waals surface area contributed by atoms with Gasteiger partial charge in [-0.15, -0.1) is 0 Å². The van der Waals surface area contributed by atoms with Gasteiger partial charge in [0.15, 0.2) is 0 Å². The van der Waals surface area contributed by atoms with Crippen molar-refractivity contribution in [3.8, 4) is 0 Å². The van der Waals surface area contributed by atoms with Crippen molar-refractivity contribution in [2.45, 2.75) is 44.1 Å². The first-order valence-corrected chi connectivity index (χ1v) is 7.94. The Labute approximate surface area is 125 Å². The topological polar surface area (TPSA) is 49.8 Å². The molecule has 3 rings (SSSR count). The Kier molecular flexibility index (Phi) is 4.44. The van der Waals surface area contributed by atoms with Gasteiger partial charge in [-0.3, -0.25) is 4.79 Å². The second-order valence-corrected chi connectivity index (χ2v) is 6.00. The summed E-state index contributed by atoms with van der Waals surface area (Å²) in [5.41, 5.74) is 2.07. The molecular formula is C17H23NO3. The number of carboxylic acid groups (broad SMARTS) is 1. The predicted molar refractivity (Wildman–Crippen MR) is 81.9 cm³/mol. The maximum atomic E-state index is 11.4. The lowest BCUT2D eigenvalue weighted by molar-refractivity contribution is -0.139. The molecule has 0 radical (unpaired) electrons. The highest BCUT2D eigenvalue weighted by Gasteiger charge is 2.29. The predicted octanol–water partition coefficient (Wildman–Crippen LogP) is 3.02. The van der Waals surface area contributed by atoms with Crippen molar-refractivity contribution in [1.82, 2.24) is 0 Å². The number of aliphatic carboxylic acids is 1. The number of hydrogen-bond acceptors (Lipinski definition) is 3. The molecule has 0 bridgehead atoms. The van der Waals surface area contributed by atoms with E-state index in [4.69, 9.17) is 4.74 Å². The zero-order valence-corrected chi connectivity index (χ0v) is 12.3. The van der Waals surface area contributed by atoms with Crippen LogP contribution in [0.25, 0.3) is 0 Å². The summed E-state index contributed by atoms with van der Waals surface area (Å²) >= 11 is 0. The molecule has 0 aliphatic carbocycles. The van der Waals surface area contributed by atoms with Gasteiger partial charge < -0.3 is 14.7 Å². The van der Waals surface area contributed by atoms with Crippen molar-refractivity contribution < 1.29 is 14.6 Å². The summed E-state index contributed by atoms with van der Waals surface area (Å²) in [6, 6.07) is 7.94. The molecule has 114 valence electrons. The smallest absolute Gasteiger partial charge is 0.311 e. The number of rotatable bonds is 5. The van der Waals surface area contributed by atoms with Crippen molar-refractivity contribution >= 4 is 11.7 Å². The van der Waals surface area contributed by atoms with E-state index in [1.807, 2.05) is 18.2 Å². The standard InChI is InChI=1S/C17H23NO3/c19-17(20)15-9-11-18(16-8-2-1-7-14(15)16)10-3-5-13-6-4-12-21-13/h1-2,7-8,13,15H,3-6,9-12H2,(H,19,20). The van der Waals surface area contributed by atoms with Crippen LogP contribution in [0.5, 0.6) is 0 Å². The van der Waals surface area contributed by atoms with Gasteiger partial charge in [-0.1, -0.05) is 18.2 Å². The fourth-order valence-electron chi connectivity index (χ4n) is 3.50. The molecule has 0 aromatic heterocycles. The molecule has 1 N–H and O–H groups in total. The average Bonchev–Trinajstić information content (AvgIpc) is 3.00. The van der Waals surface area contributed by atoms with Gasteiger partial charge >= 0.3 is 5.97 Å². The first kappa shape index (κ1) is 14.4. The zero-order valence-electron chi connectivity index (χ0n) is 12.3. The number of anilines is 1. The van der Waals surface area contributed by atoms with E-state index in [0.717, 1.165) is 43.8 Å². The number of nitrogens with zero attached hydrogens (tertiary/aromatic N) is 1. The van der Waals surface area contributed by atoms with E-state index < -0.39 is 5.97 Å². The van der Waals surface area contributed by atoms with Gasteiger partial charge in [-0.2, -0.15) is 0 Å². The van der Waals surface area contributed by atoms with Crippen LogP contribution in [0, 0.1) is 0 Å². The molecule has 1 aromatic rings. The summed E-state index contributed by atoms with van der Waals surface area (Å²) in [5, 5.41) is 9.36. The van der Waals surface area contributed by atoms with Crippen molar-refractivity contribution in [3.05, 3.63) is 29.8 Å². The molecule has 2 aliphatic rings. The summed E-state index contributed by atoms with van der Waals surface area (Å²) < 4.78 is 5.66. The highest BCUT2D eigenvalue weighted by Crippen LogP contribution is 2.35. The zero-order chi connectivity index (χ0) is 14.7. The van der Waals surface area contributed by atoms with E-state index in [0.29, 0.717) is 12.5 Å². The molecule has 0 spiro atoms. The van der Waals surface area contributed by atoms with Crippen molar-refractivity contribution in [3.63, 3.8) is 0 Å². The van der Waals surface area contributed by atoms with Crippen LogP contribution in [0.1, 0.15) is 43.6 Å². The second kappa shape index (κ2) is 6.48. The monoisotopic (exact) mass is 289 g/mol. The number of para-hydroxylation sites is 1. The Morgan fingerprint density at radius 2 is 2.19 bits per heavy atom. The summed E-state index contributed by atoms with van der Waals surface area (Å²) in [4.78, 5) is 13.7. The third-order valence-electron chi connectivity index (χ3n) is 4.62. The van der Waals surface area contributed by atoms with Crippen LogP contribution in [0.4, 0.5) is 5.69 Å². The Bertz CT molecular complexity index is 497.